The molecule has 1 atom stereocenters. The summed E-state index contributed by atoms with van der Waals surface area (Å²) in [5.74, 6) is 0.286. The van der Waals surface area contributed by atoms with E-state index in [4.69, 9.17) is 11.6 Å². The van der Waals surface area contributed by atoms with Crippen molar-refractivity contribution in [2.75, 3.05) is 5.32 Å². The number of hydrogen-bond donors (Lipinski definition) is 1. The molecule has 0 aliphatic heterocycles. The number of halogens is 1. The maximum atomic E-state index is 10.9. The van der Waals surface area contributed by atoms with Gasteiger partial charge in [-0.25, -0.2) is 4.98 Å². The van der Waals surface area contributed by atoms with E-state index in [0.717, 1.165) is 19.3 Å². The molecule has 6 heteroatoms. The van der Waals surface area contributed by atoms with Crippen LogP contribution in [0.5, 0.6) is 0 Å². The number of anilines is 1. The van der Waals surface area contributed by atoms with Gasteiger partial charge in [-0.1, -0.05) is 37.8 Å². The molecular formula is C12H18ClN3O2. The predicted octanol–water partition coefficient (Wildman–Crippen LogP) is 4.02. The minimum Gasteiger partial charge on any atom is -0.362 e. The zero-order chi connectivity index (χ0) is 13.5. The number of nitrogens with zero attached hydrogens (tertiary/aromatic N) is 2. The van der Waals surface area contributed by atoms with Gasteiger partial charge in [-0.15, -0.1) is 0 Å². The standard InChI is InChI=1S/C12H18ClN3O2/c1-3-4-5-6-9(2)15-12-11(16(17)18)7-10(13)8-14-12/h7-9H,3-6H2,1-2H3,(H,14,15). The van der Waals surface area contributed by atoms with Gasteiger partial charge >= 0.3 is 5.69 Å². The number of unbranched alkanes of at least 4 members (excludes halogenated alkanes) is 2. The van der Waals surface area contributed by atoms with Crippen molar-refractivity contribution in [2.45, 2.75) is 45.6 Å². The molecule has 5 nitrogen and oxygen atoms in total. The molecule has 0 aromatic carbocycles. The highest BCUT2D eigenvalue weighted by molar-refractivity contribution is 6.30. The highest BCUT2D eigenvalue weighted by Crippen LogP contribution is 2.26. The lowest BCUT2D eigenvalue weighted by atomic mass is 10.1. The topological polar surface area (TPSA) is 68.1 Å². The van der Waals surface area contributed by atoms with Gasteiger partial charge in [0.15, 0.2) is 0 Å². The quantitative estimate of drug-likeness (QED) is 0.462. The molecule has 1 heterocycles. The second-order valence-electron chi connectivity index (χ2n) is 4.32. The Kier molecular flexibility index (Phi) is 5.85. The van der Waals surface area contributed by atoms with Crippen molar-refractivity contribution >= 4 is 23.1 Å². The third kappa shape index (κ3) is 4.49. The number of nitro groups is 1. The van der Waals surface area contributed by atoms with Gasteiger partial charge < -0.3 is 5.32 Å². The molecule has 0 amide bonds. The molecule has 0 fully saturated rings. The molecule has 1 aromatic rings. The Labute approximate surface area is 112 Å². The fourth-order valence-electron chi connectivity index (χ4n) is 1.69. The van der Waals surface area contributed by atoms with Crippen molar-refractivity contribution in [1.82, 2.24) is 4.98 Å². The molecule has 0 radical (unpaired) electrons. The minimum atomic E-state index is -0.472. The van der Waals surface area contributed by atoms with Crippen LogP contribution in [0.4, 0.5) is 11.5 Å². The summed E-state index contributed by atoms with van der Waals surface area (Å²) in [5, 5.41) is 14.2. The second-order valence-corrected chi connectivity index (χ2v) is 4.76. The molecule has 0 spiro atoms. The smallest absolute Gasteiger partial charge is 0.312 e. The van der Waals surface area contributed by atoms with E-state index in [-0.39, 0.29) is 22.6 Å². The summed E-state index contributed by atoms with van der Waals surface area (Å²) in [6.07, 6.45) is 5.81. The average Bonchev–Trinajstić information content (AvgIpc) is 2.31. The molecular weight excluding hydrogens is 254 g/mol. The summed E-state index contributed by atoms with van der Waals surface area (Å²) in [6.45, 7) is 4.14. The van der Waals surface area contributed by atoms with Crippen molar-refractivity contribution in [1.29, 1.82) is 0 Å². The molecule has 0 bridgehead atoms. The van der Waals surface area contributed by atoms with Crippen LogP contribution in [0.15, 0.2) is 12.3 Å². The molecule has 0 saturated heterocycles. The summed E-state index contributed by atoms with van der Waals surface area (Å²) in [6, 6.07) is 1.47. The number of aromatic nitrogens is 1. The summed E-state index contributed by atoms with van der Waals surface area (Å²) >= 11 is 5.71. The van der Waals surface area contributed by atoms with Crippen LogP contribution in [0.3, 0.4) is 0 Å². The van der Waals surface area contributed by atoms with Crippen LogP contribution in [-0.4, -0.2) is 15.9 Å². The summed E-state index contributed by atoms with van der Waals surface area (Å²) in [7, 11) is 0. The normalized spacial score (nSPS) is 12.2. The zero-order valence-electron chi connectivity index (χ0n) is 10.6. The summed E-state index contributed by atoms with van der Waals surface area (Å²) < 4.78 is 0. The first kappa shape index (κ1) is 14.7. The average molecular weight is 272 g/mol. The second kappa shape index (κ2) is 7.16. The largest absolute Gasteiger partial charge is 0.362 e. The molecule has 18 heavy (non-hydrogen) atoms. The van der Waals surface area contributed by atoms with E-state index in [1.54, 1.807) is 0 Å². The van der Waals surface area contributed by atoms with Crippen LogP contribution < -0.4 is 5.32 Å². The van der Waals surface area contributed by atoms with Gasteiger partial charge in [0.25, 0.3) is 0 Å². The van der Waals surface area contributed by atoms with Gasteiger partial charge in [0.2, 0.25) is 5.82 Å². The molecule has 0 aliphatic carbocycles. The number of pyridine rings is 1. The minimum absolute atomic E-state index is 0.0789. The monoisotopic (exact) mass is 271 g/mol. The lowest BCUT2D eigenvalue weighted by Crippen LogP contribution is -2.16. The van der Waals surface area contributed by atoms with E-state index in [9.17, 15) is 10.1 Å². The van der Waals surface area contributed by atoms with E-state index < -0.39 is 4.92 Å². The maximum absolute atomic E-state index is 10.9. The lowest BCUT2D eigenvalue weighted by molar-refractivity contribution is -0.384. The van der Waals surface area contributed by atoms with Crippen LogP contribution in [0.1, 0.15) is 39.5 Å². The maximum Gasteiger partial charge on any atom is 0.312 e. The van der Waals surface area contributed by atoms with Crippen molar-refractivity contribution < 1.29 is 4.92 Å². The summed E-state index contributed by atoms with van der Waals surface area (Å²) in [4.78, 5) is 14.4. The van der Waals surface area contributed by atoms with Gasteiger partial charge in [0.05, 0.1) is 9.95 Å². The lowest BCUT2D eigenvalue weighted by Gasteiger charge is -2.14. The van der Waals surface area contributed by atoms with Crippen LogP contribution in [0, 0.1) is 10.1 Å². The van der Waals surface area contributed by atoms with E-state index >= 15 is 0 Å². The van der Waals surface area contributed by atoms with E-state index in [0.29, 0.717) is 0 Å². The Bertz CT molecular complexity index is 412. The first-order valence-electron chi connectivity index (χ1n) is 6.11. The van der Waals surface area contributed by atoms with Gasteiger partial charge in [0, 0.05) is 18.3 Å². The van der Waals surface area contributed by atoms with Crippen LogP contribution in [0.25, 0.3) is 0 Å². The highest BCUT2D eigenvalue weighted by Gasteiger charge is 2.17. The Morgan fingerprint density at radius 3 is 2.89 bits per heavy atom. The number of hydrogen-bond acceptors (Lipinski definition) is 4. The fraction of sp³-hybridized carbons (Fsp3) is 0.583. The van der Waals surface area contributed by atoms with Crippen molar-refractivity contribution in [3.8, 4) is 0 Å². The molecule has 0 saturated carbocycles. The molecule has 1 unspecified atom stereocenters. The first-order valence-corrected chi connectivity index (χ1v) is 6.48. The number of rotatable bonds is 7. The third-order valence-electron chi connectivity index (χ3n) is 2.65. The first-order chi connectivity index (χ1) is 8.54. The van der Waals surface area contributed by atoms with Crippen LogP contribution in [-0.2, 0) is 0 Å². The highest BCUT2D eigenvalue weighted by atomic mass is 35.5. The van der Waals surface area contributed by atoms with Crippen LogP contribution in [0.2, 0.25) is 5.02 Å². The van der Waals surface area contributed by atoms with E-state index in [1.807, 2.05) is 6.92 Å². The number of nitrogens with one attached hydrogen (secondary N) is 1. The zero-order valence-corrected chi connectivity index (χ0v) is 11.4. The molecule has 1 rings (SSSR count). The van der Waals surface area contributed by atoms with E-state index in [2.05, 4.69) is 17.2 Å². The van der Waals surface area contributed by atoms with Crippen molar-refractivity contribution in [3.05, 3.63) is 27.4 Å². The van der Waals surface area contributed by atoms with E-state index in [1.165, 1.54) is 18.7 Å². The van der Waals surface area contributed by atoms with Gasteiger partial charge in [-0.3, -0.25) is 10.1 Å². The SMILES string of the molecule is CCCCCC(C)Nc1ncc(Cl)cc1[N+](=O)[O-]. The Balaban J connectivity index is 2.68. The van der Waals surface area contributed by atoms with Gasteiger partial charge in [-0.05, 0) is 13.3 Å². The van der Waals surface area contributed by atoms with Crippen molar-refractivity contribution in [2.24, 2.45) is 0 Å². The Morgan fingerprint density at radius 1 is 1.56 bits per heavy atom. The Hall–Kier alpha value is -1.36. The molecule has 1 aromatic heterocycles. The van der Waals surface area contributed by atoms with Gasteiger partial charge in [0.1, 0.15) is 0 Å². The molecule has 0 aliphatic rings. The fourth-order valence-corrected chi connectivity index (χ4v) is 1.84. The molecule has 1 N–H and O–H groups in total. The predicted molar refractivity (Wildman–Crippen MR) is 73.1 cm³/mol. The van der Waals surface area contributed by atoms with Gasteiger partial charge in [-0.2, -0.15) is 0 Å². The van der Waals surface area contributed by atoms with Crippen molar-refractivity contribution in [3.63, 3.8) is 0 Å². The van der Waals surface area contributed by atoms with Crippen LogP contribution >= 0.6 is 11.6 Å². The Morgan fingerprint density at radius 2 is 2.28 bits per heavy atom. The third-order valence-corrected chi connectivity index (χ3v) is 2.86. The molecule has 100 valence electrons. The summed E-state index contributed by atoms with van der Waals surface area (Å²) in [5.41, 5.74) is -0.0789.